The summed E-state index contributed by atoms with van der Waals surface area (Å²) in [7, 11) is 0. The number of ether oxygens (including phenoxy) is 1. The summed E-state index contributed by atoms with van der Waals surface area (Å²) in [6.07, 6.45) is 5.45. The van der Waals surface area contributed by atoms with Crippen molar-refractivity contribution in [1.29, 1.82) is 0 Å². The molecule has 0 atom stereocenters. The predicted octanol–water partition coefficient (Wildman–Crippen LogP) is 2.88. The molecule has 0 unspecified atom stereocenters. The van der Waals surface area contributed by atoms with E-state index >= 15 is 0 Å². The van der Waals surface area contributed by atoms with Crippen molar-refractivity contribution in [3.8, 4) is 0 Å². The van der Waals surface area contributed by atoms with Gasteiger partial charge in [-0.3, -0.25) is 14.8 Å². The first kappa shape index (κ1) is 15.7. The summed E-state index contributed by atoms with van der Waals surface area (Å²) in [5.41, 5.74) is 1.83. The summed E-state index contributed by atoms with van der Waals surface area (Å²) in [5, 5.41) is 6.20. The minimum Gasteiger partial charge on any atom is -0.466 e. The number of rotatable bonds is 7. The Morgan fingerprint density at radius 3 is 2.77 bits per heavy atom. The first-order valence-corrected chi connectivity index (χ1v) is 7.22. The fraction of sp³-hybridized carbons (Fsp3) is 0.235. The molecular weight excluding hydrogens is 278 g/mol. The molecule has 0 bridgehead atoms. The van der Waals surface area contributed by atoms with Crippen LogP contribution in [0.4, 0.5) is 5.69 Å². The lowest BCUT2D eigenvalue weighted by Crippen LogP contribution is -2.21. The van der Waals surface area contributed by atoms with Crippen LogP contribution in [-0.4, -0.2) is 30.3 Å². The number of carbonyl (C=O) groups is 1. The van der Waals surface area contributed by atoms with Gasteiger partial charge in [-0.25, -0.2) is 0 Å². The van der Waals surface area contributed by atoms with Gasteiger partial charge >= 0.3 is 5.97 Å². The Hall–Kier alpha value is -2.69. The van der Waals surface area contributed by atoms with Crippen LogP contribution in [0.3, 0.4) is 0 Å². The molecule has 0 spiro atoms. The Balaban J connectivity index is 2.08. The van der Waals surface area contributed by atoms with Gasteiger partial charge in [-0.05, 0) is 24.6 Å². The Bertz CT molecular complexity index is 600. The quantitative estimate of drug-likeness (QED) is 0.448. The molecule has 0 aliphatic carbocycles. The van der Waals surface area contributed by atoms with E-state index in [9.17, 15) is 4.79 Å². The van der Waals surface area contributed by atoms with Crippen LogP contribution >= 0.6 is 0 Å². The van der Waals surface area contributed by atoms with E-state index in [1.165, 1.54) is 0 Å². The molecular formula is C17H19N3O2. The molecule has 1 heterocycles. The van der Waals surface area contributed by atoms with E-state index in [2.05, 4.69) is 10.1 Å². The summed E-state index contributed by atoms with van der Waals surface area (Å²) in [5.74, 6) is -0.230. The average Bonchev–Trinajstić information content (AvgIpc) is 2.57. The van der Waals surface area contributed by atoms with Crippen LogP contribution in [0, 0.1) is 0 Å². The number of hydrogen-bond donors (Lipinski definition) is 0. The van der Waals surface area contributed by atoms with Gasteiger partial charge in [-0.2, -0.15) is 5.10 Å². The van der Waals surface area contributed by atoms with Crippen molar-refractivity contribution in [3.63, 3.8) is 0 Å². The third-order valence-electron chi connectivity index (χ3n) is 2.92. The van der Waals surface area contributed by atoms with E-state index in [0.29, 0.717) is 13.2 Å². The number of benzene rings is 1. The number of carbonyl (C=O) groups excluding carboxylic acids is 1. The number of hydrogen-bond acceptors (Lipinski definition) is 5. The number of anilines is 1. The molecule has 0 aliphatic rings. The lowest BCUT2D eigenvalue weighted by molar-refractivity contribution is -0.142. The van der Waals surface area contributed by atoms with Crippen LogP contribution in [0.1, 0.15) is 18.9 Å². The lowest BCUT2D eigenvalue weighted by atomic mass is 10.2. The third-order valence-corrected chi connectivity index (χ3v) is 2.92. The molecule has 0 radical (unpaired) electrons. The summed E-state index contributed by atoms with van der Waals surface area (Å²) in [4.78, 5) is 15.6. The zero-order chi connectivity index (χ0) is 15.6. The van der Waals surface area contributed by atoms with Crippen molar-refractivity contribution in [2.24, 2.45) is 5.10 Å². The molecule has 0 saturated heterocycles. The Morgan fingerprint density at radius 2 is 2.09 bits per heavy atom. The molecule has 5 nitrogen and oxygen atoms in total. The van der Waals surface area contributed by atoms with Crippen LogP contribution in [0.5, 0.6) is 0 Å². The Labute approximate surface area is 130 Å². The highest BCUT2D eigenvalue weighted by molar-refractivity contribution is 5.80. The van der Waals surface area contributed by atoms with Crippen LogP contribution in [0.15, 0.2) is 60.0 Å². The highest BCUT2D eigenvalue weighted by Crippen LogP contribution is 2.13. The van der Waals surface area contributed by atoms with Gasteiger partial charge < -0.3 is 4.74 Å². The number of pyridine rings is 1. The van der Waals surface area contributed by atoms with Crippen molar-refractivity contribution in [2.75, 3.05) is 18.2 Å². The molecule has 2 rings (SSSR count). The maximum atomic E-state index is 11.5. The highest BCUT2D eigenvalue weighted by atomic mass is 16.5. The minimum atomic E-state index is -0.230. The fourth-order valence-electron chi connectivity index (χ4n) is 1.87. The van der Waals surface area contributed by atoms with Crippen molar-refractivity contribution in [1.82, 2.24) is 4.98 Å². The molecule has 5 heteroatoms. The molecule has 0 amide bonds. The monoisotopic (exact) mass is 297 g/mol. The predicted molar refractivity (Wildman–Crippen MR) is 86.9 cm³/mol. The van der Waals surface area contributed by atoms with Gasteiger partial charge in [-0.15, -0.1) is 0 Å². The second-order valence-corrected chi connectivity index (χ2v) is 4.54. The largest absolute Gasteiger partial charge is 0.466 e. The molecule has 0 saturated carbocycles. The first-order chi connectivity index (χ1) is 10.8. The average molecular weight is 297 g/mol. The van der Waals surface area contributed by atoms with E-state index < -0.39 is 0 Å². The van der Waals surface area contributed by atoms with E-state index in [1.54, 1.807) is 30.5 Å². The van der Waals surface area contributed by atoms with Crippen molar-refractivity contribution < 1.29 is 9.53 Å². The van der Waals surface area contributed by atoms with Gasteiger partial charge in [0.25, 0.3) is 0 Å². The second-order valence-electron chi connectivity index (χ2n) is 4.54. The van der Waals surface area contributed by atoms with Crippen LogP contribution < -0.4 is 5.01 Å². The molecule has 0 N–H and O–H groups in total. The molecule has 2 aromatic rings. The number of hydrazone groups is 1. The topological polar surface area (TPSA) is 54.8 Å². The number of aromatic nitrogens is 1. The van der Waals surface area contributed by atoms with E-state index in [-0.39, 0.29) is 12.4 Å². The number of esters is 1. The maximum Gasteiger partial charge on any atom is 0.307 e. The second kappa shape index (κ2) is 8.56. The van der Waals surface area contributed by atoms with Crippen molar-refractivity contribution in [3.05, 3.63) is 60.4 Å². The summed E-state index contributed by atoms with van der Waals surface area (Å²) in [6.45, 7) is 2.62. The van der Waals surface area contributed by atoms with Gasteiger partial charge in [0, 0.05) is 6.20 Å². The van der Waals surface area contributed by atoms with E-state index in [1.807, 2.05) is 42.5 Å². The zero-order valence-electron chi connectivity index (χ0n) is 12.6. The van der Waals surface area contributed by atoms with Gasteiger partial charge in [0.05, 0.1) is 37.7 Å². The zero-order valence-corrected chi connectivity index (χ0v) is 12.6. The summed E-state index contributed by atoms with van der Waals surface area (Å²) in [6, 6.07) is 13.5. The highest BCUT2D eigenvalue weighted by Gasteiger charge is 2.08. The first-order valence-electron chi connectivity index (χ1n) is 7.22. The fourth-order valence-corrected chi connectivity index (χ4v) is 1.87. The Morgan fingerprint density at radius 1 is 1.27 bits per heavy atom. The summed E-state index contributed by atoms with van der Waals surface area (Å²) >= 11 is 0. The molecule has 0 fully saturated rings. The van der Waals surface area contributed by atoms with Gasteiger partial charge in [0.1, 0.15) is 0 Å². The van der Waals surface area contributed by atoms with Gasteiger partial charge in [0.2, 0.25) is 0 Å². The van der Waals surface area contributed by atoms with E-state index in [0.717, 1.165) is 11.3 Å². The van der Waals surface area contributed by atoms with Gasteiger partial charge in [0.15, 0.2) is 0 Å². The standard InChI is InChI=1S/C17H19N3O2/c1-2-22-17(21)10-12-20(16-9-6-11-18-14-16)19-13-15-7-4-3-5-8-15/h3-9,11,13-14H,2,10,12H2,1H3/b19-13+. The molecule has 1 aromatic carbocycles. The number of nitrogens with zero attached hydrogens (tertiary/aromatic N) is 3. The Kier molecular flexibility index (Phi) is 6.11. The third kappa shape index (κ3) is 5.01. The molecule has 114 valence electrons. The molecule has 22 heavy (non-hydrogen) atoms. The normalized spacial score (nSPS) is 10.6. The lowest BCUT2D eigenvalue weighted by Gasteiger charge is -2.18. The SMILES string of the molecule is CCOC(=O)CCN(/N=C/c1ccccc1)c1cccnc1. The molecule has 0 aliphatic heterocycles. The van der Waals surface area contributed by atoms with Crippen LogP contribution in [-0.2, 0) is 9.53 Å². The summed E-state index contributed by atoms with van der Waals surface area (Å²) < 4.78 is 4.96. The van der Waals surface area contributed by atoms with Gasteiger partial charge in [-0.1, -0.05) is 30.3 Å². The van der Waals surface area contributed by atoms with Crippen molar-refractivity contribution in [2.45, 2.75) is 13.3 Å². The maximum absolute atomic E-state index is 11.5. The molecule has 1 aromatic heterocycles. The minimum absolute atomic E-state index is 0.230. The van der Waals surface area contributed by atoms with Crippen molar-refractivity contribution >= 4 is 17.9 Å². The van der Waals surface area contributed by atoms with Crippen LogP contribution in [0.2, 0.25) is 0 Å². The smallest absolute Gasteiger partial charge is 0.307 e. The van der Waals surface area contributed by atoms with E-state index in [4.69, 9.17) is 4.74 Å². The van der Waals surface area contributed by atoms with Crippen LogP contribution in [0.25, 0.3) is 0 Å².